The molecule has 0 aromatic heterocycles. The quantitative estimate of drug-likeness (QED) is 0.637. The summed E-state index contributed by atoms with van der Waals surface area (Å²) in [5.41, 5.74) is 3.13. The summed E-state index contributed by atoms with van der Waals surface area (Å²) in [5, 5.41) is 0. The Morgan fingerprint density at radius 2 is 2.00 bits per heavy atom. The summed E-state index contributed by atoms with van der Waals surface area (Å²) in [5.74, 6) is 0.301. The summed E-state index contributed by atoms with van der Waals surface area (Å²) in [7, 11) is 0. The molecule has 0 aliphatic carbocycles. The lowest BCUT2D eigenvalue weighted by Crippen LogP contribution is -1.97. The van der Waals surface area contributed by atoms with Crippen LogP contribution in [0.25, 0.3) is 0 Å². The molecule has 0 unspecified atom stereocenters. The summed E-state index contributed by atoms with van der Waals surface area (Å²) in [6.07, 6.45) is 0.774. The van der Waals surface area contributed by atoms with Crippen molar-refractivity contribution in [3.05, 3.63) is 47.3 Å². The second-order valence-corrected chi connectivity index (χ2v) is 4.13. The van der Waals surface area contributed by atoms with Gasteiger partial charge < -0.3 is 0 Å². The Morgan fingerprint density at radius 1 is 1.36 bits per heavy atom. The fourth-order valence-corrected chi connectivity index (χ4v) is 1.38. The molecule has 1 aromatic carbocycles. The number of aryl methyl sites for hydroxylation is 1. The molecule has 0 aliphatic heterocycles. The molecule has 14 heavy (non-hydrogen) atoms. The van der Waals surface area contributed by atoms with Crippen LogP contribution in [0.15, 0.2) is 30.4 Å². The summed E-state index contributed by atoms with van der Waals surface area (Å²) in [6.45, 7) is 10.1. The van der Waals surface area contributed by atoms with Gasteiger partial charge in [-0.15, -0.1) is 0 Å². The zero-order chi connectivity index (χ0) is 10.7. The molecule has 0 spiro atoms. The lowest BCUT2D eigenvalue weighted by Gasteiger charge is -2.09. The smallest absolute Gasteiger partial charge is 0.123 e. The van der Waals surface area contributed by atoms with E-state index in [9.17, 15) is 4.39 Å². The fraction of sp³-hybridized carbons (Fsp3) is 0.385. The van der Waals surface area contributed by atoms with Crippen molar-refractivity contribution >= 4 is 0 Å². The van der Waals surface area contributed by atoms with E-state index in [1.165, 1.54) is 0 Å². The molecule has 0 bridgehead atoms. The Hall–Kier alpha value is -1.11. The van der Waals surface area contributed by atoms with Crippen molar-refractivity contribution < 1.29 is 4.39 Å². The molecule has 0 saturated heterocycles. The van der Waals surface area contributed by atoms with Crippen molar-refractivity contribution in [2.24, 2.45) is 5.92 Å². The van der Waals surface area contributed by atoms with Gasteiger partial charge in [0.1, 0.15) is 5.82 Å². The SMILES string of the molecule is C=C(Cc1cc(C)cc(F)c1)C(C)C. The van der Waals surface area contributed by atoms with Crippen LogP contribution in [0.3, 0.4) is 0 Å². The Kier molecular flexibility index (Phi) is 3.45. The lowest BCUT2D eigenvalue weighted by molar-refractivity contribution is 0.623. The van der Waals surface area contributed by atoms with E-state index in [0.29, 0.717) is 5.92 Å². The van der Waals surface area contributed by atoms with Gasteiger partial charge in [-0.2, -0.15) is 0 Å². The van der Waals surface area contributed by atoms with Gasteiger partial charge >= 0.3 is 0 Å². The van der Waals surface area contributed by atoms with E-state index in [4.69, 9.17) is 0 Å². The van der Waals surface area contributed by atoms with Crippen molar-refractivity contribution in [2.75, 3.05) is 0 Å². The monoisotopic (exact) mass is 192 g/mol. The van der Waals surface area contributed by atoms with Crippen LogP contribution in [0, 0.1) is 18.7 Å². The van der Waals surface area contributed by atoms with Gasteiger partial charge in [0.15, 0.2) is 0 Å². The Morgan fingerprint density at radius 3 is 2.50 bits per heavy atom. The van der Waals surface area contributed by atoms with E-state index >= 15 is 0 Å². The predicted molar refractivity (Wildman–Crippen MR) is 58.8 cm³/mol. The first-order valence-corrected chi connectivity index (χ1v) is 4.93. The van der Waals surface area contributed by atoms with E-state index in [-0.39, 0.29) is 5.82 Å². The average molecular weight is 192 g/mol. The highest BCUT2D eigenvalue weighted by Crippen LogP contribution is 2.16. The molecule has 0 atom stereocenters. The molecule has 0 nitrogen and oxygen atoms in total. The Bertz CT molecular complexity index is 317. The van der Waals surface area contributed by atoms with Crippen LogP contribution in [0.2, 0.25) is 0 Å². The molecule has 1 aromatic rings. The largest absolute Gasteiger partial charge is 0.207 e. The van der Waals surface area contributed by atoms with Crippen LogP contribution in [0.5, 0.6) is 0 Å². The van der Waals surface area contributed by atoms with Crippen molar-refractivity contribution in [1.82, 2.24) is 0 Å². The van der Waals surface area contributed by atoms with E-state index in [1.807, 2.05) is 13.0 Å². The number of rotatable bonds is 3. The van der Waals surface area contributed by atoms with Crippen molar-refractivity contribution in [2.45, 2.75) is 27.2 Å². The molecule has 1 rings (SSSR count). The topological polar surface area (TPSA) is 0 Å². The minimum Gasteiger partial charge on any atom is -0.207 e. The maximum atomic E-state index is 13.0. The second kappa shape index (κ2) is 4.41. The van der Waals surface area contributed by atoms with Crippen LogP contribution >= 0.6 is 0 Å². The molecule has 0 saturated carbocycles. The summed E-state index contributed by atoms with van der Waals surface area (Å²) < 4.78 is 13.0. The first-order valence-electron chi connectivity index (χ1n) is 4.93. The van der Waals surface area contributed by atoms with Crippen LogP contribution in [0.4, 0.5) is 4.39 Å². The third kappa shape index (κ3) is 2.99. The molecule has 0 amide bonds. The van der Waals surface area contributed by atoms with Crippen molar-refractivity contribution in [1.29, 1.82) is 0 Å². The lowest BCUT2D eigenvalue weighted by atomic mass is 9.96. The predicted octanol–water partition coefficient (Wildman–Crippen LogP) is 3.89. The molecule has 0 radical (unpaired) electrons. The highest BCUT2D eigenvalue weighted by Gasteiger charge is 2.03. The molecule has 1 heteroatoms. The normalized spacial score (nSPS) is 10.6. The van der Waals surface area contributed by atoms with Crippen LogP contribution in [-0.4, -0.2) is 0 Å². The summed E-state index contributed by atoms with van der Waals surface area (Å²) >= 11 is 0. The molecule has 0 N–H and O–H groups in total. The van der Waals surface area contributed by atoms with Crippen molar-refractivity contribution in [3.63, 3.8) is 0 Å². The highest BCUT2D eigenvalue weighted by atomic mass is 19.1. The van der Waals surface area contributed by atoms with E-state index in [0.717, 1.165) is 23.1 Å². The minimum atomic E-state index is -0.156. The van der Waals surface area contributed by atoms with E-state index in [1.54, 1.807) is 12.1 Å². The number of hydrogen-bond acceptors (Lipinski definition) is 0. The molecule has 0 aliphatic rings. The van der Waals surface area contributed by atoms with Gasteiger partial charge in [0, 0.05) is 0 Å². The Balaban J connectivity index is 2.82. The third-order valence-corrected chi connectivity index (χ3v) is 2.35. The molecular weight excluding hydrogens is 175 g/mol. The standard InChI is InChI=1S/C13H17F/c1-9(2)11(4)7-12-5-10(3)6-13(14)8-12/h5-6,8-9H,4,7H2,1-3H3. The third-order valence-electron chi connectivity index (χ3n) is 2.35. The molecular formula is C13H17F. The number of halogens is 1. The van der Waals surface area contributed by atoms with Gasteiger partial charge in [0.2, 0.25) is 0 Å². The van der Waals surface area contributed by atoms with Crippen LogP contribution in [-0.2, 0) is 6.42 Å². The summed E-state index contributed by atoms with van der Waals surface area (Å²) in [4.78, 5) is 0. The van der Waals surface area contributed by atoms with Gasteiger partial charge in [-0.05, 0) is 42.5 Å². The van der Waals surface area contributed by atoms with Gasteiger partial charge in [0.05, 0.1) is 0 Å². The van der Waals surface area contributed by atoms with Gasteiger partial charge in [0.25, 0.3) is 0 Å². The molecule has 0 fully saturated rings. The highest BCUT2D eigenvalue weighted by molar-refractivity contribution is 5.27. The minimum absolute atomic E-state index is 0.156. The van der Waals surface area contributed by atoms with Gasteiger partial charge in [-0.3, -0.25) is 0 Å². The zero-order valence-electron chi connectivity index (χ0n) is 9.10. The van der Waals surface area contributed by atoms with Crippen LogP contribution < -0.4 is 0 Å². The molecule has 0 heterocycles. The maximum absolute atomic E-state index is 13.0. The number of hydrogen-bond donors (Lipinski definition) is 0. The van der Waals surface area contributed by atoms with Gasteiger partial charge in [-0.25, -0.2) is 4.39 Å². The number of benzene rings is 1. The van der Waals surface area contributed by atoms with Crippen molar-refractivity contribution in [3.8, 4) is 0 Å². The Labute approximate surface area is 85.5 Å². The number of allylic oxidation sites excluding steroid dienone is 1. The first-order chi connectivity index (χ1) is 6.49. The fourth-order valence-electron chi connectivity index (χ4n) is 1.38. The average Bonchev–Trinajstić information content (AvgIpc) is 2.01. The first kappa shape index (κ1) is 11.0. The summed E-state index contributed by atoms with van der Waals surface area (Å²) in [6, 6.07) is 5.14. The van der Waals surface area contributed by atoms with E-state index < -0.39 is 0 Å². The molecule has 76 valence electrons. The van der Waals surface area contributed by atoms with E-state index in [2.05, 4.69) is 20.4 Å². The van der Waals surface area contributed by atoms with Gasteiger partial charge in [-0.1, -0.05) is 32.1 Å². The van der Waals surface area contributed by atoms with Crippen LogP contribution in [0.1, 0.15) is 25.0 Å². The second-order valence-electron chi connectivity index (χ2n) is 4.13. The maximum Gasteiger partial charge on any atom is 0.123 e. The zero-order valence-corrected chi connectivity index (χ0v) is 9.10.